The third kappa shape index (κ3) is 4.48. The Balaban J connectivity index is 1.24. The minimum atomic E-state index is -0.0824. The van der Waals surface area contributed by atoms with Gasteiger partial charge >= 0.3 is 0 Å². The molecule has 1 amide bonds. The maximum absolute atomic E-state index is 13.1. The van der Waals surface area contributed by atoms with Crippen LogP contribution >= 0.6 is 0 Å². The number of fused-ring (bicyclic) bond motifs is 3. The Morgan fingerprint density at radius 1 is 1.09 bits per heavy atom. The van der Waals surface area contributed by atoms with Gasteiger partial charge in [0.2, 0.25) is 0 Å². The molecule has 3 aromatic heterocycles. The summed E-state index contributed by atoms with van der Waals surface area (Å²) in [5.74, 6) is -0.0582. The van der Waals surface area contributed by atoms with Crippen LogP contribution in [0.2, 0.25) is 0 Å². The minimum Gasteiger partial charge on any atom is -0.352 e. The molecule has 1 atom stereocenters. The van der Waals surface area contributed by atoms with E-state index in [0.717, 1.165) is 24.0 Å². The van der Waals surface area contributed by atoms with E-state index in [4.69, 9.17) is 0 Å². The zero-order chi connectivity index (χ0) is 23.5. The highest BCUT2D eigenvalue weighted by Crippen LogP contribution is 2.17. The van der Waals surface area contributed by atoms with E-state index in [2.05, 4.69) is 22.1 Å². The molecular formula is C27H31N5O2. The van der Waals surface area contributed by atoms with Crippen LogP contribution in [0.15, 0.2) is 65.7 Å². The number of nitrogens with zero attached hydrogens (tertiary/aromatic N) is 4. The number of hydrogen-bond acceptors (Lipinski definition) is 4. The molecule has 7 nitrogen and oxygen atoms in total. The van der Waals surface area contributed by atoms with Crippen LogP contribution in [0.5, 0.6) is 0 Å². The maximum atomic E-state index is 13.1. The highest BCUT2D eigenvalue weighted by atomic mass is 16.1. The molecule has 1 fully saturated rings. The van der Waals surface area contributed by atoms with Crippen LogP contribution in [-0.2, 0) is 6.54 Å². The molecule has 7 heteroatoms. The molecular weight excluding hydrogens is 426 g/mol. The Labute approximate surface area is 199 Å². The third-order valence-corrected chi connectivity index (χ3v) is 6.90. The van der Waals surface area contributed by atoms with Crippen molar-refractivity contribution in [1.29, 1.82) is 0 Å². The second kappa shape index (κ2) is 9.81. The molecule has 1 N–H and O–H groups in total. The number of pyridine rings is 1. The molecule has 176 valence electrons. The number of benzene rings is 1. The molecule has 1 aliphatic heterocycles. The molecule has 5 rings (SSSR count). The van der Waals surface area contributed by atoms with E-state index in [9.17, 15) is 9.59 Å². The summed E-state index contributed by atoms with van der Waals surface area (Å²) in [4.78, 5) is 32.7. The quantitative estimate of drug-likeness (QED) is 0.430. The number of aromatic nitrogens is 3. The Morgan fingerprint density at radius 3 is 2.74 bits per heavy atom. The molecule has 0 radical (unpaired) electrons. The predicted molar refractivity (Wildman–Crippen MR) is 134 cm³/mol. The number of rotatable bonds is 7. The summed E-state index contributed by atoms with van der Waals surface area (Å²) in [6.07, 6.45) is 8.42. The van der Waals surface area contributed by atoms with Gasteiger partial charge in [-0.2, -0.15) is 0 Å². The van der Waals surface area contributed by atoms with Crippen molar-refractivity contribution < 1.29 is 4.79 Å². The summed E-state index contributed by atoms with van der Waals surface area (Å²) in [6.45, 7) is 5.56. The number of amides is 1. The first kappa shape index (κ1) is 22.3. The molecule has 0 bridgehead atoms. The minimum absolute atomic E-state index is 0.0582. The van der Waals surface area contributed by atoms with Gasteiger partial charge in [0.15, 0.2) is 5.65 Å². The van der Waals surface area contributed by atoms with E-state index < -0.39 is 0 Å². The van der Waals surface area contributed by atoms with Crippen LogP contribution < -0.4 is 10.9 Å². The van der Waals surface area contributed by atoms with E-state index >= 15 is 0 Å². The van der Waals surface area contributed by atoms with Gasteiger partial charge in [-0.3, -0.25) is 14.2 Å². The molecule has 4 aromatic rings. The number of nitrogens with one attached hydrogen (secondary N) is 1. The number of hydrogen-bond donors (Lipinski definition) is 1. The summed E-state index contributed by atoms with van der Waals surface area (Å²) in [6, 6.07) is 15.7. The van der Waals surface area contributed by atoms with Crippen LogP contribution in [0.25, 0.3) is 16.7 Å². The third-order valence-electron chi connectivity index (χ3n) is 6.90. The van der Waals surface area contributed by atoms with Crippen molar-refractivity contribution in [2.45, 2.75) is 45.2 Å². The lowest BCUT2D eigenvalue weighted by molar-refractivity contribution is 0.0949. The van der Waals surface area contributed by atoms with Gasteiger partial charge < -0.3 is 14.6 Å². The Morgan fingerprint density at radius 2 is 1.91 bits per heavy atom. The van der Waals surface area contributed by atoms with Crippen molar-refractivity contribution >= 4 is 22.6 Å². The van der Waals surface area contributed by atoms with E-state index in [1.165, 1.54) is 25.8 Å². The summed E-state index contributed by atoms with van der Waals surface area (Å²) < 4.78 is 3.57. The van der Waals surface area contributed by atoms with Gasteiger partial charge in [-0.25, -0.2) is 4.98 Å². The van der Waals surface area contributed by atoms with Crippen molar-refractivity contribution in [2.75, 3.05) is 19.6 Å². The number of likely N-dealkylation sites (tertiary alicyclic amines) is 1. The average Bonchev–Trinajstić information content (AvgIpc) is 3.36. The van der Waals surface area contributed by atoms with Crippen LogP contribution in [-0.4, -0.2) is 50.4 Å². The van der Waals surface area contributed by atoms with E-state index in [0.29, 0.717) is 35.9 Å². The molecule has 0 spiro atoms. The molecule has 4 heterocycles. The average molecular weight is 458 g/mol. The lowest BCUT2D eigenvalue weighted by atomic mass is 10.0. The Kier molecular flexibility index (Phi) is 6.45. The van der Waals surface area contributed by atoms with E-state index in [1.807, 2.05) is 59.1 Å². The molecule has 34 heavy (non-hydrogen) atoms. The number of carbonyl (C=O) groups excluding carboxylic acids is 1. The van der Waals surface area contributed by atoms with Gasteiger partial charge in [0.05, 0.1) is 12.1 Å². The Hall–Kier alpha value is -3.45. The lowest BCUT2D eigenvalue weighted by Crippen LogP contribution is -2.39. The summed E-state index contributed by atoms with van der Waals surface area (Å²) in [5.41, 5.74) is 3.64. The second-order valence-corrected chi connectivity index (χ2v) is 9.19. The van der Waals surface area contributed by atoms with Crippen molar-refractivity contribution in [3.63, 3.8) is 0 Å². The largest absolute Gasteiger partial charge is 0.352 e. The first-order valence-corrected chi connectivity index (χ1v) is 12.2. The highest BCUT2D eigenvalue weighted by Gasteiger charge is 2.17. The van der Waals surface area contributed by atoms with Gasteiger partial charge in [0.25, 0.3) is 11.5 Å². The molecule has 1 aromatic carbocycles. The van der Waals surface area contributed by atoms with Gasteiger partial charge in [-0.05, 0) is 74.7 Å². The van der Waals surface area contributed by atoms with Crippen LogP contribution in [0.3, 0.4) is 0 Å². The van der Waals surface area contributed by atoms with Crippen molar-refractivity contribution in [3.8, 4) is 0 Å². The fourth-order valence-electron chi connectivity index (χ4n) is 4.95. The fourth-order valence-corrected chi connectivity index (χ4v) is 4.95. The molecule has 1 saturated heterocycles. The molecule has 1 unspecified atom stereocenters. The van der Waals surface area contributed by atoms with Crippen LogP contribution in [0, 0.1) is 0 Å². The molecule has 1 aliphatic rings. The summed E-state index contributed by atoms with van der Waals surface area (Å²) in [5, 5.41) is 3.04. The first-order chi connectivity index (χ1) is 16.6. The predicted octanol–water partition coefficient (Wildman–Crippen LogP) is 3.69. The molecule has 0 saturated carbocycles. The van der Waals surface area contributed by atoms with Gasteiger partial charge in [-0.15, -0.1) is 0 Å². The number of piperidine rings is 1. The van der Waals surface area contributed by atoms with E-state index in [-0.39, 0.29) is 11.5 Å². The van der Waals surface area contributed by atoms with Crippen molar-refractivity contribution in [3.05, 3.63) is 82.4 Å². The SMILES string of the molecule is CC1CCCCN1CCCNC(=O)c1ccc(Cn2c(=O)c3cccn3c3cccnc32)cc1. The highest BCUT2D eigenvalue weighted by molar-refractivity contribution is 5.94. The summed E-state index contributed by atoms with van der Waals surface area (Å²) >= 11 is 0. The van der Waals surface area contributed by atoms with Crippen molar-refractivity contribution in [1.82, 2.24) is 24.2 Å². The lowest BCUT2D eigenvalue weighted by Gasteiger charge is -2.33. The van der Waals surface area contributed by atoms with Crippen LogP contribution in [0.4, 0.5) is 0 Å². The summed E-state index contributed by atoms with van der Waals surface area (Å²) in [7, 11) is 0. The monoisotopic (exact) mass is 457 g/mol. The fraction of sp³-hybridized carbons (Fsp3) is 0.370. The van der Waals surface area contributed by atoms with Crippen LogP contribution in [0.1, 0.15) is 48.5 Å². The standard InChI is InChI=1S/C27H31N5O2/c1-20-7-2-3-16-30(20)17-6-15-29-26(33)22-12-10-21(11-13-22)19-32-25-23(8-4-14-28-25)31-18-5-9-24(31)27(32)34/h4-5,8-14,18,20H,2-3,6-7,15-17,19H2,1H3,(H,29,33). The first-order valence-electron chi connectivity index (χ1n) is 12.2. The van der Waals surface area contributed by atoms with Crippen molar-refractivity contribution in [2.24, 2.45) is 0 Å². The number of carbonyl (C=O) groups is 1. The topological polar surface area (TPSA) is 71.6 Å². The van der Waals surface area contributed by atoms with Gasteiger partial charge in [-0.1, -0.05) is 18.6 Å². The molecule has 0 aliphatic carbocycles. The van der Waals surface area contributed by atoms with E-state index in [1.54, 1.807) is 10.8 Å². The smallest absolute Gasteiger partial charge is 0.276 e. The normalized spacial score (nSPS) is 16.8. The van der Waals surface area contributed by atoms with Gasteiger partial charge in [0, 0.05) is 37.1 Å². The second-order valence-electron chi connectivity index (χ2n) is 9.19. The van der Waals surface area contributed by atoms with Gasteiger partial charge in [0.1, 0.15) is 5.52 Å². The Bertz CT molecular complexity index is 1360. The zero-order valence-electron chi connectivity index (χ0n) is 19.6. The maximum Gasteiger partial charge on any atom is 0.276 e. The zero-order valence-corrected chi connectivity index (χ0v) is 19.6.